The van der Waals surface area contributed by atoms with Gasteiger partial charge in [-0.25, -0.2) is 0 Å². The number of ether oxygens (including phenoxy) is 2. The van der Waals surface area contributed by atoms with Crippen molar-refractivity contribution in [3.05, 3.63) is 59.2 Å². The Kier molecular flexibility index (Phi) is 7.43. The normalized spacial score (nSPS) is 11.8. The van der Waals surface area contributed by atoms with E-state index in [-0.39, 0.29) is 30.4 Å². The van der Waals surface area contributed by atoms with Crippen molar-refractivity contribution in [2.75, 3.05) is 6.54 Å². The second-order valence-electron chi connectivity index (χ2n) is 9.59. The number of hydrogen-bond donors (Lipinski definition) is 1. The molecule has 0 atom stereocenters. The van der Waals surface area contributed by atoms with Crippen LogP contribution in [0, 0.1) is 12.3 Å². The van der Waals surface area contributed by atoms with Crippen molar-refractivity contribution in [1.82, 2.24) is 5.32 Å². The van der Waals surface area contributed by atoms with E-state index < -0.39 is 5.41 Å². The first-order chi connectivity index (χ1) is 13.8. The highest BCUT2D eigenvalue weighted by molar-refractivity contribution is 5.98. The van der Waals surface area contributed by atoms with Crippen LogP contribution in [0.2, 0.25) is 0 Å². The molecule has 0 aromatic heterocycles. The summed E-state index contributed by atoms with van der Waals surface area (Å²) in [6, 6.07) is 12.9. The van der Waals surface area contributed by atoms with Crippen LogP contribution in [0.25, 0.3) is 0 Å². The molecule has 162 valence electrons. The van der Waals surface area contributed by atoms with Gasteiger partial charge < -0.3 is 14.8 Å². The fourth-order valence-electron chi connectivity index (χ4n) is 2.58. The highest BCUT2D eigenvalue weighted by Crippen LogP contribution is 2.28. The zero-order valence-electron chi connectivity index (χ0n) is 19.1. The fourth-order valence-corrected chi connectivity index (χ4v) is 2.58. The molecule has 1 N–H and O–H groups in total. The predicted molar refractivity (Wildman–Crippen MR) is 119 cm³/mol. The molecular formula is C25H33NO4. The summed E-state index contributed by atoms with van der Waals surface area (Å²) in [6.45, 7) is 13.7. The summed E-state index contributed by atoms with van der Waals surface area (Å²) in [5.74, 6) is 0.903. The first-order valence-electron chi connectivity index (χ1n) is 10.2. The lowest BCUT2D eigenvalue weighted by atomic mass is 9.97. The zero-order valence-corrected chi connectivity index (χ0v) is 19.1. The van der Waals surface area contributed by atoms with E-state index in [0.717, 1.165) is 5.56 Å². The van der Waals surface area contributed by atoms with Gasteiger partial charge in [0.25, 0.3) is 0 Å². The van der Waals surface area contributed by atoms with Crippen molar-refractivity contribution in [2.45, 2.75) is 60.6 Å². The maximum atomic E-state index is 12.6. The monoisotopic (exact) mass is 411 g/mol. The summed E-state index contributed by atoms with van der Waals surface area (Å²) in [5.41, 5.74) is 1.51. The summed E-state index contributed by atoms with van der Waals surface area (Å²) < 4.78 is 11.5. The number of ketones is 1. The van der Waals surface area contributed by atoms with Crippen LogP contribution in [0.5, 0.6) is 11.5 Å². The molecule has 5 nitrogen and oxygen atoms in total. The number of carbonyl (C=O) groups excluding carboxylic acids is 2. The topological polar surface area (TPSA) is 64.6 Å². The van der Waals surface area contributed by atoms with E-state index in [1.807, 2.05) is 52.0 Å². The lowest BCUT2D eigenvalue weighted by molar-refractivity contribution is -0.154. The van der Waals surface area contributed by atoms with Crippen LogP contribution in [0.1, 0.15) is 63.0 Å². The minimum Gasteiger partial charge on any atom is -0.460 e. The highest BCUT2D eigenvalue weighted by Gasteiger charge is 2.24. The Morgan fingerprint density at radius 3 is 2.27 bits per heavy atom. The number of nitrogens with one attached hydrogen (secondary N) is 1. The molecule has 0 aliphatic carbocycles. The number of aryl methyl sites for hydroxylation is 1. The SMILES string of the molecule is Cc1cccc(Oc2ccc(C(=O)CNC(C)(C)C)cc2COC(=O)C(C)(C)C)c1. The molecule has 0 spiro atoms. The molecule has 5 heteroatoms. The number of Topliss-reactive ketones (excluding diaryl/α,β-unsaturated/α-hetero) is 1. The molecule has 0 unspecified atom stereocenters. The molecule has 0 saturated carbocycles. The molecule has 0 heterocycles. The van der Waals surface area contributed by atoms with E-state index in [2.05, 4.69) is 5.32 Å². The van der Waals surface area contributed by atoms with Gasteiger partial charge >= 0.3 is 5.97 Å². The minimum absolute atomic E-state index is 0.0320. The van der Waals surface area contributed by atoms with Crippen molar-refractivity contribution < 1.29 is 19.1 Å². The zero-order chi connectivity index (χ0) is 22.5. The maximum absolute atomic E-state index is 12.6. The van der Waals surface area contributed by atoms with Gasteiger partial charge in [-0.2, -0.15) is 0 Å². The second-order valence-corrected chi connectivity index (χ2v) is 9.59. The third kappa shape index (κ3) is 7.30. The van der Waals surface area contributed by atoms with Gasteiger partial charge in [-0.15, -0.1) is 0 Å². The van der Waals surface area contributed by atoms with Crippen molar-refractivity contribution in [3.63, 3.8) is 0 Å². The number of carbonyl (C=O) groups is 2. The van der Waals surface area contributed by atoms with Crippen LogP contribution >= 0.6 is 0 Å². The molecule has 2 aromatic carbocycles. The van der Waals surface area contributed by atoms with Gasteiger partial charge in [0.1, 0.15) is 18.1 Å². The molecule has 0 bridgehead atoms. The lowest BCUT2D eigenvalue weighted by Crippen LogP contribution is -2.39. The molecule has 0 fully saturated rings. The Bertz CT molecular complexity index is 904. The molecule has 2 rings (SSSR count). The quantitative estimate of drug-likeness (QED) is 0.485. The van der Waals surface area contributed by atoms with E-state index in [9.17, 15) is 9.59 Å². The lowest BCUT2D eigenvalue weighted by Gasteiger charge is -2.20. The largest absolute Gasteiger partial charge is 0.460 e. The Labute approximate surface area is 179 Å². The van der Waals surface area contributed by atoms with Crippen LogP contribution < -0.4 is 10.1 Å². The van der Waals surface area contributed by atoms with Gasteiger partial charge in [0, 0.05) is 16.7 Å². The summed E-state index contributed by atoms with van der Waals surface area (Å²) >= 11 is 0. The third-order valence-electron chi connectivity index (χ3n) is 4.35. The molecule has 0 aliphatic rings. The van der Waals surface area contributed by atoms with E-state index in [4.69, 9.17) is 9.47 Å². The number of esters is 1. The average Bonchev–Trinajstić information content (AvgIpc) is 2.63. The number of rotatable bonds is 7. The minimum atomic E-state index is -0.610. The van der Waals surface area contributed by atoms with Crippen molar-refractivity contribution in [2.24, 2.45) is 5.41 Å². The fraction of sp³-hybridized carbons (Fsp3) is 0.440. The molecule has 0 amide bonds. The van der Waals surface area contributed by atoms with Gasteiger partial charge in [0.05, 0.1) is 12.0 Å². The Morgan fingerprint density at radius 2 is 1.67 bits per heavy atom. The van der Waals surface area contributed by atoms with Crippen molar-refractivity contribution in [1.29, 1.82) is 0 Å². The van der Waals surface area contributed by atoms with Crippen LogP contribution in [0.15, 0.2) is 42.5 Å². The molecule has 2 aromatic rings. The first kappa shape index (κ1) is 23.6. The van der Waals surface area contributed by atoms with Crippen LogP contribution in [-0.2, 0) is 16.1 Å². The summed E-state index contributed by atoms with van der Waals surface area (Å²) in [4.78, 5) is 24.9. The molecule has 30 heavy (non-hydrogen) atoms. The highest BCUT2D eigenvalue weighted by atomic mass is 16.5. The van der Waals surface area contributed by atoms with Gasteiger partial charge in [-0.3, -0.25) is 9.59 Å². The Balaban J connectivity index is 2.28. The van der Waals surface area contributed by atoms with Crippen LogP contribution in [-0.4, -0.2) is 23.8 Å². The number of hydrogen-bond acceptors (Lipinski definition) is 5. The Morgan fingerprint density at radius 1 is 0.967 bits per heavy atom. The predicted octanol–water partition coefficient (Wildman–Crippen LogP) is 5.45. The van der Waals surface area contributed by atoms with Crippen molar-refractivity contribution >= 4 is 11.8 Å². The summed E-state index contributed by atoms with van der Waals surface area (Å²) in [6.07, 6.45) is 0. The third-order valence-corrected chi connectivity index (χ3v) is 4.35. The van der Waals surface area contributed by atoms with Gasteiger partial charge in [-0.05, 0) is 84.4 Å². The summed E-state index contributed by atoms with van der Waals surface area (Å²) in [7, 11) is 0. The average molecular weight is 412 g/mol. The van der Waals surface area contributed by atoms with Crippen molar-refractivity contribution in [3.8, 4) is 11.5 Å². The van der Waals surface area contributed by atoms with E-state index >= 15 is 0 Å². The smallest absolute Gasteiger partial charge is 0.311 e. The number of benzene rings is 2. The van der Waals surface area contributed by atoms with Crippen LogP contribution in [0.3, 0.4) is 0 Å². The van der Waals surface area contributed by atoms with Gasteiger partial charge in [-0.1, -0.05) is 12.1 Å². The standard InChI is InChI=1S/C25H33NO4/c1-17-9-8-10-20(13-17)30-22-12-11-18(21(27)15-26-25(5,6)7)14-19(22)16-29-23(28)24(2,3)4/h8-14,26H,15-16H2,1-7H3. The molecule has 0 aliphatic heterocycles. The van der Waals surface area contributed by atoms with Crippen LogP contribution in [0.4, 0.5) is 0 Å². The van der Waals surface area contributed by atoms with E-state index in [0.29, 0.717) is 22.6 Å². The molecular weight excluding hydrogens is 378 g/mol. The van der Waals surface area contributed by atoms with E-state index in [1.165, 1.54) is 0 Å². The Hall–Kier alpha value is -2.66. The van der Waals surface area contributed by atoms with E-state index in [1.54, 1.807) is 39.0 Å². The molecule has 0 radical (unpaired) electrons. The maximum Gasteiger partial charge on any atom is 0.311 e. The first-order valence-corrected chi connectivity index (χ1v) is 10.2. The van der Waals surface area contributed by atoms with Gasteiger partial charge in [0.2, 0.25) is 0 Å². The van der Waals surface area contributed by atoms with Gasteiger partial charge in [0.15, 0.2) is 5.78 Å². The second kappa shape index (κ2) is 9.43. The summed E-state index contributed by atoms with van der Waals surface area (Å²) in [5, 5.41) is 3.20. The molecule has 0 saturated heterocycles.